The fourth-order valence-corrected chi connectivity index (χ4v) is 6.22. The molecule has 2 aromatic rings. The summed E-state index contributed by atoms with van der Waals surface area (Å²) in [4.78, 5) is 50.0. The van der Waals surface area contributed by atoms with Gasteiger partial charge in [0.15, 0.2) is 0 Å². The number of ether oxygens (including phenoxy) is 2. The Morgan fingerprint density at radius 3 is 2.82 bits per heavy atom. The standard InChI is InChI=1S/C27H37N5O5S/c1-36-23-9-5-4-7-19(23)14-31(16-24(33)30-27(26(35)37-2)12-20(27)17-38-3)15-22-8-6-10-32(22)25(34)11-21-13-28-18-29-21/h4-5,7,9,13,18,20,22H,6,8,10-12,14-17H2,1-3H3,(H,28,29)(H,30,33)/t20?,22-,27?/m0/s1. The maximum Gasteiger partial charge on any atom is 0.331 e. The Labute approximate surface area is 227 Å². The van der Waals surface area contributed by atoms with Gasteiger partial charge >= 0.3 is 5.97 Å². The second-order valence-electron chi connectivity index (χ2n) is 9.99. The molecule has 1 aromatic heterocycles. The predicted octanol–water partition coefficient (Wildman–Crippen LogP) is 1.86. The zero-order valence-corrected chi connectivity index (χ0v) is 23.1. The van der Waals surface area contributed by atoms with Crippen molar-refractivity contribution in [1.82, 2.24) is 25.1 Å². The predicted molar refractivity (Wildman–Crippen MR) is 145 cm³/mol. The van der Waals surface area contributed by atoms with E-state index in [2.05, 4.69) is 15.3 Å². The Morgan fingerprint density at radius 2 is 2.11 bits per heavy atom. The number of carbonyl (C=O) groups excluding carboxylic acids is 3. The zero-order chi connectivity index (χ0) is 27.1. The first-order chi connectivity index (χ1) is 18.4. The van der Waals surface area contributed by atoms with Crippen molar-refractivity contribution in [2.75, 3.05) is 45.9 Å². The van der Waals surface area contributed by atoms with Crippen molar-refractivity contribution in [2.45, 2.75) is 43.8 Å². The first kappa shape index (κ1) is 28.0. The van der Waals surface area contributed by atoms with Crippen molar-refractivity contribution in [3.8, 4) is 5.75 Å². The largest absolute Gasteiger partial charge is 0.496 e. The number of imidazole rings is 1. The van der Waals surface area contributed by atoms with E-state index in [1.165, 1.54) is 7.11 Å². The summed E-state index contributed by atoms with van der Waals surface area (Å²) >= 11 is 1.65. The minimum absolute atomic E-state index is 0.0207. The van der Waals surface area contributed by atoms with Crippen LogP contribution in [0, 0.1) is 5.92 Å². The monoisotopic (exact) mass is 543 g/mol. The van der Waals surface area contributed by atoms with E-state index in [0.29, 0.717) is 26.1 Å². The summed E-state index contributed by atoms with van der Waals surface area (Å²) in [5, 5.41) is 3.00. The van der Waals surface area contributed by atoms with E-state index in [1.54, 1.807) is 31.4 Å². The van der Waals surface area contributed by atoms with Gasteiger partial charge < -0.3 is 24.7 Å². The summed E-state index contributed by atoms with van der Waals surface area (Å²) in [6.45, 7) is 1.77. The minimum Gasteiger partial charge on any atom is -0.496 e. The number of nitrogens with one attached hydrogen (secondary N) is 2. The minimum atomic E-state index is -0.954. The van der Waals surface area contributed by atoms with Crippen LogP contribution in [0.3, 0.4) is 0 Å². The first-order valence-corrected chi connectivity index (χ1v) is 14.3. The molecule has 2 aliphatic rings. The van der Waals surface area contributed by atoms with Crippen LogP contribution in [0.25, 0.3) is 0 Å². The number of amides is 2. The number of carbonyl (C=O) groups is 3. The highest BCUT2D eigenvalue weighted by Crippen LogP contribution is 2.46. The lowest BCUT2D eigenvalue weighted by Gasteiger charge is -2.31. The van der Waals surface area contributed by atoms with Crippen LogP contribution in [0.1, 0.15) is 30.5 Å². The third-order valence-electron chi connectivity index (χ3n) is 7.40. The molecule has 38 heavy (non-hydrogen) atoms. The van der Waals surface area contributed by atoms with Gasteiger partial charge in [0.25, 0.3) is 0 Å². The van der Waals surface area contributed by atoms with Crippen LogP contribution in [0.5, 0.6) is 5.75 Å². The Kier molecular flexibility index (Phi) is 9.32. The van der Waals surface area contributed by atoms with Gasteiger partial charge in [-0.05, 0) is 37.3 Å². The van der Waals surface area contributed by atoms with Gasteiger partial charge in [0.05, 0.1) is 33.5 Å². The molecule has 2 amide bonds. The maximum absolute atomic E-state index is 13.3. The van der Waals surface area contributed by atoms with E-state index in [0.717, 1.165) is 35.6 Å². The highest BCUT2D eigenvalue weighted by molar-refractivity contribution is 7.98. The number of likely N-dealkylation sites (tertiary alicyclic amines) is 1. The van der Waals surface area contributed by atoms with Crippen molar-refractivity contribution < 1.29 is 23.9 Å². The average molecular weight is 544 g/mol. The molecule has 1 aromatic carbocycles. The molecule has 0 bridgehead atoms. The summed E-state index contributed by atoms with van der Waals surface area (Å²) in [6.07, 6.45) is 7.84. The number of aromatic nitrogens is 2. The fourth-order valence-electron chi connectivity index (χ4n) is 5.42. The first-order valence-electron chi connectivity index (χ1n) is 12.9. The number of methoxy groups -OCH3 is 2. The number of hydrogen-bond acceptors (Lipinski definition) is 8. The summed E-state index contributed by atoms with van der Waals surface area (Å²) < 4.78 is 10.6. The Morgan fingerprint density at radius 1 is 1.29 bits per heavy atom. The molecule has 3 atom stereocenters. The third kappa shape index (κ3) is 6.50. The lowest BCUT2D eigenvalue weighted by atomic mass is 10.1. The van der Waals surface area contributed by atoms with Gasteiger partial charge in [-0.3, -0.25) is 14.5 Å². The van der Waals surface area contributed by atoms with E-state index in [-0.39, 0.29) is 36.7 Å². The summed E-state index contributed by atoms with van der Waals surface area (Å²) in [7, 11) is 2.98. The van der Waals surface area contributed by atoms with Gasteiger partial charge in [-0.15, -0.1) is 0 Å². The second kappa shape index (κ2) is 12.7. The molecular weight excluding hydrogens is 506 g/mol. The van der Waals surface area contributed by atoms with Crippen molar-refractivity contribution in [2.24, 2.45) is 5.92 Å². The third-order valence-corrected chi connectivity index (χ3v) is 8.14. The molecule has 1 saturated carbocycles. The van der Waals surface area contributed by atoms with E-state index < -0.39 is 11.5 Å². The van der Waals surface area contributed by atoms with Crippen molar-refractivity contribution >= 4 is 29.5 Å². The van der Waals surface area contributed by atoms with Crippen LogP contribution in [-0.4, -0.2) is 95.0 Å². The van der Waals surface area contributed by atoms with Gasteiger partial charge in [0.1, 0.15) is 11.3 Å². The van der Waals surface area contributed by atoms with Gasteiger partial charge in [-0.1, -0.05) is 18.2 Å². The van der Waals surface area contributed by atoms with Crippen molar-refractivity contribution in [3.05, 3.63) is 48.0 Å². The molecule has 1 aliphatic heterocycles. The number of thioether (sulfide) groups is 1. The van der Waals surface area contributed by atoms with E-state index >= 15 is 0 Å². The Balaban J connectivity index is 1.48. The fraction of sp³-hybridized carbons (Fsp3) is 0.556. The van der Waals surface area contributed by atoms with Crippen molar-refractivity contribution in [3.63, 3.8) is 0 Å². The van der Waals surface area contributed by atoms with E-state index in [4.69, 9.17) is 9.47 Å². The highest BCUT2D eigenvalue weighted by atomic mass is 32.2. The molecule has 2 heterocycles. The van der Waals surface area contributed by atoms with Crippen LogP contribution in [0.15, 0.2) is 36.8 Å². The van der Waals surface area contributed by atoms with E-state index in [9.17, 15) is 14.4 Å². The van der Waals surface area contributed by atoms with Crippen LogP contribution >= 0.6 is 11.8 Å². The molecule has 1 saturated heterocycles. The van der Waals surface area contributed by atoms with Crippen LogP contribution in [-0.2, 0) is 32.1 Å². The molecule has 2 unspecified atom stereocenters. The Bertz CT molecular complexity index is 1110. The lowest BCUT2D eigenvalue weighted by molar-refractivity contribution is -0.147. The number of nitrogens with zero attached hydrogens (tertiary/aromatic N) is 3. The molecule has 206 valence electrons. The number of hydrogen-bond donors (Lipinski definition) is 2. The zero-order valence-electron chi connectivity index (χ0n) is 22.3. The second-order valence-corrected chi connectivity index (χ2v) is 10.9. The van der Waals surface area contributed by atoms with Gasteiger partial charge in [0, 0.05) is 49.0 Å². The number of rotatable bonds is 13. The van der Waals surface area contributed by atoms with Gasteiger partial charge in [0.2, 0.25) is 11.8 Å². The number of benzene rings is 1. The number of para-hydroxylation sites is 1. The molecule has 10 nitrogen and oxygen atoms in total. The molecule has 0 radical (unpaired) electrons. The summed E-state index contributed by atoms with van der Waals surface area (Å²) in [5.41, 5.74) is 0.776. The highest BCUT2D eigenvalue weighted by Gasteiger charge is 2.61. The molecule has 11 heteroatoms. The number of aromatic amines is 1. The summed E-state index contributed by atoms with van der Waals surface area (Å²) in [6, 6.07) is 7.70. The van der Waals surface area contributed by atoms with Gasteiger partial charge in [-0.2, -0.15) is 11.8 Å². The van der Waals surface area contributed by atoms with Crippen molar-refractivity contribution in [1.29, 1.82) is 0 Å². The average Bonchev–Trinajstić information content (AvgIpc) is 3.24. The van der Waals surface area contributed by atoms with Crippen LogP contribution < -0.4 is 10.1 Å². The Hall–Kier alpha value is -3.05. The summed E-state index contributed by atoms with van der Waals surface area (Å²) in [5.74, 6) is 0.984. The molecule has 1 aliphatic carbocycles. The number of H-pyrrole nitrogens is 1. The SMILES string of the molecule is COC(=O)C1(NC(=O)CN(Cc2ccccc2OC)C[C@@H]2CCCN2C(=O)Cc2cnc[nH]2)CC1CSC. The molecule has 2 fully saturated rings. The van der Waals surface area contributed by atoms with Crippen LogP contribution in [0.2, 0.25) is 0 Å². The number of esters is 1. The normalized spacial score (nSPS) is 22.4. The van der Waals surface area contributed by atoms with Gasteiger partial charge in [-0.25, -0.2) is 9.78 Å². The topological polar surface area (TPSA) is 117 Å². The smallest absolute Gasteiger partial charge is 0.331 e. The molecule has 2 N–H and O–H groups in total. The molecule has 0 spiro atoms. The maximum atomic E-state index is 13.3. The molecule has 4 rings (SSSR count). The molecular formula is C27H37N5O5S. The lowest BCUT2D eigenvalue weighted by Crippen LogP contribution is -2.51. The van der Waals surface area contributed by atoms with Crippen LogP contribution in [0.4, 0.5) is 0 Å². The quantitative estimate of drug-likeness (QED) is 0.368. The van der Waals surface area contributed by atoms with E-state index in [1.807, 2.05) is 40.3 Å².